The number of H-pyrrole nitrogens is 2. The van der Waals surface area contributed by atoms with E-state index in [-0.39, 0.29) is 17.1 Å². The molecular formula is C16H17N3O3S. The Balaban J connectivity index is 1.86. The third kappa shape index (κ3) is 3.20. The number of aromatic amines is 2. The lowest BCUT2D eigenvalue weighted by Crippen LogP contribution is -2.23. The van der Waals surface area contributed by atoms with Gasteiger partial charge in [-0.05, 0) is 43.2 Å². The molecule has 3 N–H and O–H groups in total. The average molecular weight is 331 g/mol. The predicted octanol–water partition coefficient (Wildman–Crippen LogP) is 1.95. The molecule has 0 saturated heterocycles. The van der Waals surface area contributed by atoms with Crippen molar-refractivity contribution in [3.63, 3.8) is 0 Å². The molecule has 120 valence electrons. The summed E-state index contributed by atoms with van der Waals surface area (Å²) in [6.07, 6.45) is 0. The van der Waals surface area contributed by atoms with Crippen LogP contribution in [0.4, 0.5) is 0 Å². The zero-order chi connectivity index (χ0) is 16.6. The van der Waals surface area contributed by atoms with Crippen LogP contribution in [-0.4, -0.2) is 18.4 Å². The summed E-state index contributed by atoms with van der Waals surface area (Å²) in [5.41, 5.74) is 3.77. The molecule has 0 spiro atoms. The van der Waals surface area contributed by atoms with E-state index in [9.17, 15) is 13.2 Å². The number of sulfonamides is 1. The van der Waals surface area contributed by atoms with E-state index in [1.54, 1.807) is 6.07 Å². The molecule has 0 radical (unpaired) electrons. The summed E-state index contributed by atoms with van der Waals surface area (Å²) in [4.78, 5) is 16.5. The molecule has 23 heavy (non-hydrogen) atoms. The Morgan fingerprint density at radius 1 is 1.00 bits per heavy atom. The molecule has 0 fully saturated rings. The number of aromatic nitrogens is 2. The second-order valence-corrected chi connectivity index (χ2v) is 7.31. The minimum absolute atomic E-state index is 0.116. The molecule has 0 atom stereocenters. The number of hydrogen-bond donors (Lipinski definition) is 3. The zero-order valence-corrected chi connectivity index (χ0v) is 13.6. The van der Waals surface area contributed by atoms with Crippen molar-refractivity contribution in [3.05, 3.63) is 63.6 Å². The van der Waals surface area contributed by atoms with E-state index in [2.05, 4.69) is 14.7 Å². The topological polar surface area (TPSA) is 94.8 Å². The largest absolute Gasteiger partial charge is 0.323 e. The van der Waals surface area contributed by atoms with Gasteiger partial charge in [0.05, 0.1) is 15.9 Å². The Morgan fingerprint density at radius 2 is 1.74 bits per heavy atom. The van der Waals surface area contributed by atoms with Crippen LogP contribution >= 0.6 is 0 Å². The van der Waals surface area contributed by atoms with Gasteiger partial charge in [-0.25, -0.2) is 17.9 Å². The highest BCUT2D eigenvalue weighted by Crippen LogP contribution is 2.16. The van der Waals surface area contributed by atoms with Crippen molar-refractivity contribution in [1.82, 2.24) is 14.7 Å². The van der Waals surface area contributed by atoms with Gasteiger partial charge in [-0.1, -0.05) is 23.8 Å². The van der Waals surface area contributed by atoms with E-state index in [4.69, 9.17) is 0 Å². The standard InChI is InChI=1S/C16H17N3O3S/c1-10-3-4-12(11(2)7-10)9-17-23(21,22)13-5-6-14-15(8-13)19-16(20)18-14/h3-8,17H,9H2,1-2H3,(H2,18,19,20). The van der Waals surface area contributed by atoms with Crippen LogP contribution < -0.4 is 10.4 Å². The van der Waals surface area contributed by atoms with Gasteiger partial charge < -0.3 is 9.97 Å². The molecule has 6 nitrogen and oxygen atoms in total. The monoisotopic (exact) mass is 331 g/mol. The highest BCUT2D eigenvalue weighted by atomic mass is 32.2. The lowest BCUT2D eigenvalue weighted by molar-refractivity contribution is 0.581. The molecule has 0 unspecified atom stereocenters. The van der Waals surface area contributed by atoms with Gasteiger partial charge in [0, 0.05) is 6.54 Å². The fraction of sp³-hybridized carbons (Fsp3) is 0.188. The molecule has 0 bridgehead atoms. The number of benzene rings is 2. The van der Waals surface area contributed by atoms with Crippen molar-refractivity contribution in [1.29, 1.82) is 0 Å². The second kappa shape index (κ2) is 5.68. The molecular weight excluding hydrogens is 314 g/mol. The molecule has 7 heteroatoms. The third-order valence-electron chi connectivity index (χ3n) is 3.75. The Labute approximate surface area is 133 Å². The van der Waals surface area contributed by atoms with E-state index in [0.717, 1.165) is 16.7 Å². The first-order chi connectivity index (χ1) is 10.8. The summed E-state index contributed by atoms with van der Waals surface area (Å²) < 4.78 is 27.4. The van der Waals surface area contributed by atoms with Crippen molar-refractivity contribution in [2.24, 2.45) is 0 Å². The number of hydrogen-bond acceptors (Lipinski definition) is 3. The van der Waals surface area contributed by atoms with Crippen LogP contribution in [0.2, 0.25) is 0 Å². The number of rotatable bonds is 4. The quantitative estimate of drug-likeness (QED) is 0.682. The highest BCUT2D eigenvalue weighted by Gasteiger charge is 2.15. The van der Waals surface area contributed by atoms with E-state index >= 15 is 0 Å². The Bertz CT molecular complexity index is 1030. The van der Waals surface area contributed by atoms with Crippen molar-refractivity contribution in [2.45, 2.75) is 25.3 Å². The van der Waals surface area contributed by atoms with Crippen LogP contribution in [-0.2, 0) is 16.6 Å². The minimum Gasteiger partial charge on any atom is -0.306 e. The van der Waals surface area contributed by atoms with Gasteiger partial charge in [-0.2, -0.15) is 0 Å². The molecule has 3 rings (SSSR count). The van der Waals surface area contributed by atoms with Crippen molar-refractivity contribution < 1.29 is 8.42 Å². The first kappa shape index (κ1) is 15.5. The maximum Gasteiger partial charge on any atom is 0.323 e. The number of fused-ring (bicyclic) bond motifs is 1. The van der Waals surface area contributed by atoms with Gasteiger partial charge in [0.2, 0.25) is 10.0 Å². The summed E-state index contributed by atoms with van der Waals surface area (Å²) in [6, 6.07) is 10.4. The normalized spacial score (nSPS) is 11.9. The lowest BCUT2D eigenvalue weighted by Gasteiger charge is -2.09. The fourth-order valence-electron chi connectivity index (χ4n) is 2.48. The maximum absolute atomic E-state index is 12.4. The van der Waals surface area contributed by atoms with Crippen LogP contribution in [0.3, 0.4) is 0 Å². The van der Waals surface area contributed by atoms with Crippen LogP contribution in [0.25, 0.3) is 11.0 Å². The van der Waals surface area contributed by atoms with Crippen LogP contribution in [0.1, 0.15) is 16.7 Å². The number of nitrogens with one attached hydrogen (secondary N) is 3. The Hall–Kier alpha value is -2.38. The molecule has 2 aromatic carbocycles. The summed E-state index contributed by atoms with van der Waals surface area (Å²) in [5.74, 6) is 0. The smallest absolute Gasteiger partial charge is 0.306 e. The van der Waals surface area contributed by atoms with Crippen molar-refractivity contribution in [3.8, 4) is 0 Å². The van der Waals surface area contributed by atoms with Gasteiger partial charge >= 0.3 is 5.69 Å². The molecule has 0 aliphatic heterocycles. The van der Waals surface area contributed by atoms with Gasteiger partial charge in [0.15, 0.2) is 0 Å². The van der Waals surface area contributed by atoms with Crippen LogP contribution in [0, 0.1) is 13.8 Å². The molecule has 1 aromatic heterocycles. The third-order valence-corrected chi connectivity index (χ3v) is 5.15. The molecule has 1 heterocycles. The molecule has 0 saturated carbocycles. The predicted molar refractivity (Wildman–Crippen MR) is 88.9 cm³/mol. The van der Waals surface area contributed by atoms with Gasteiger partial charge in [0.1, 0.15) is 0 Å². The first-order valence-electron chi connectivity index (χ1n) is 7.13. The molecule has 0 amide bonds. The fourth-order valence-corrected chi connectivity index (χ4v) is 3.51. The minimum atomic E-state index is -3.65. The van der Waals surface area contributed by atoms with E-state index < -0.39 is 10.0 Å². The molecule has 0 aliphatic rings. The van der Waals surface area contributed by atoms with Crippen LogP contribution in [0.15, 0.2) is 46.1 Å². The summed E-state index contributed by atoms with van der Waals surface area (Å²) in [5, 5.41) is 0. The SMILES string of the molecule is Cc1ccc(CNS(=O)(=O)c2ccc3[nH]c(=O)[nH]c3c2)c(C)c1. The van der Waals surface area contributed by atoms with E-state index in [0.29, 0.717) is 11.0 Å². The molecule has 3 aromatic rings. The van der Waals surface area contributed by atoms with Crippen molar-refractivity contribution in [2.75, 3.05) is 0 Å². The second-order valence-electron chi connectivity index (χ2n) is 5.54. The summed E-state index contributed by atoms with van der Waals surface area (Å²) >= 11 is 0. The molecule has 0 aliphatic carbocycles. The average Bonchev–Trinajstić information content (AvgIpc) is 2.85. The first-order valence-corrected chi connectivity index (χ1v) is 8.61. The summed E-state index contributed by atoms with van der Waals surface area (Å²) in [7, 11) is -3.65. The van der Waals surface area contributed by atoms with E-state index in [1.165, 1.54) is 12.1 Å². The van der Waals surface area contributed by atoms with Gasteiger partial charge in [-0.3, -0.25) is 0 Å². The Morgan fingerprint density at radius 3 is 2.48 bits per heavy atom. The zero-order valence-electron chi connectivity index (χ0n) is 12.8. The van der Waals surface area contributed by atoms with E-state index in [1.807, 2.05) is 32.0 Å². The maximum atomic E-state index is 12.4. The van der Waals surface area contributed by atoms with Gasteiger partial charge in [0.25, 0.3) is 0 Å². The lowest BCUT2D eigenvalue weighted by atomic mass is 10.1. The highest BCUT2D eigenvalue weighted by molar-refractivity contribution is 7.89. The number of aryl methyl sites for hydroxylation is 2. The Kier molecular flexibility index (Phi) is 3.83. The van der Waals surface area contributed by atoms with Gasteiger partial charge in [-0.15, -0.1) is 0 Å². The van der Waals surface area contributed by atoms with Crippen LogP contribution in [0.5, 0.6) is 0 Å². The number of imidazole rings is 1. The van der Waals surface area contributed by atoms with Crippen molar-refractivity contribution >= 4 is 21.1 Å². The summed E-state index contributed by atoms with van der Waals surface area (Å²) in [6.45, 7) is 4.16.